The molecule has 0 aromatic heterocycles. The number of rotatable bonds is 3. The van der Waals surface area contributed by atoms with Gasteiger partial charge in [0.2, 0.25) is 0 Å². The first-order chi connectivity index (χ1) is 6.86. The van der Waals surface area contributed by atoms with Crippen LogP contribution in [0.2, 0.25) is 0 Å². The van der Waals surface area contributed by atoms with Gasteiger partial charge in [0.1, 0.15) is 6.21 Å². The van der Waals surface area contributed by atoms with E-state index in [1.54, 1.807) is 24.3 Å². The second-order valence-corrected chi connectivity index (χ2v) is 2.37. The maximum atomic E-state index is 8.53. The third-order valence-electron chi connectivity index (χ3n) is 1.40. The molecule has 0 aliphatic heterocycles. The summed E-state index contributed by atoms with van der Waals surface area (Å²) in [7, 11) is 0. The van der Waals surface area contributed by atoms with Crippen molar-refractivity contribution in [2.75, 3.05) is 6.61 Å². The third kappa shape index (κ3) is 3.00. The molecular weight excluding hydrogens is 176 g/mol. The van der Waals surface area contributed by atoms with Crippen molar-refractivity contribution < 1.29 is 4.84 Å². The topological polar surface area (TPSA) is 45.4 Å². The van der Waals surface area contributed by atoms with Crippen molar-refractivity contribution in [1.82, 2.24) is 0 Å². The monoisotopic (exact) mass is 183 g/mol. The molecule has 0 aliphatic rings. The van der Waals surface area contributed by atoms with E-state index in [1.165, 1.54) is 0 Å². The number of nitriles is 1. The zero-order valence-corrected chi connectivity index (χ0v) is 7.40. The van der Waals surface area contributed by atoms with Crippen LogP contribution in [-0.2, 0) is 4.84 Å². The average molecular weight is 183 g/mol. The number of hydrogen-bond acceptors (Lipinski definition) is 3. The SMILES string of the molecule is C#CCON=[C]c1ccc(C#N)cc1. The highest BCUT2D eigenvalue weighted by atomic mass is 16.6. The van der Waals surface area contributed by atoms with Crippen molar-refractivity contribution in [3.63, 3.8) is 0 Å². The minimum absolute atomic E-state index is 0.128. The van der Waals surface area contributed by atoms with Gasteiger partial charge in [-0.2, -0.15) is 5.26 Å². The van der Waals surface area contributed by atoms with Gasteiger partial charge >= 0.3 is 0 Å². The summed E-state index contributed by atoms with van der Waals surface area (Å²) in [6.45, 7) is 0.128. The zero-order valence-electron chi connectivity index (χ0n) is 7.40. The van der Waals surface area contributed by atoms with E-state index in [9.17, 15) is 0 Å². The van der Waals surface area contributed by atoms with E-state index in [1.807, 2.05) is 6.07 Å². The molecule has 1 radical (unpaired) electrons. The summed E-state index contributed by atoms with van der Waals surface area (Å²) in [4.78, 5) is 4.66. The maximum absolute atomic E-state index is 8.53. The van der Waals surface area contributed by atoms with Crippen molar-refractivity contribution in [3.05, 3.63) is 35.4 Å². The van der Waals surface area contributed by atoms with Gasteiger partial charge in [-0.1, -0.05) is 23.2 Å². The molecule has 3 heteroatoms. The minimum Gasteiger partial charge on any atom is -0.382 e. The smallest absolute Gasteiger partial charge is 0.177 e. The Morgan fingerprint density at radius 1 is 1.29 bits per heavy atom. The lowest BCUT2D eigenvalue weighted by Crippen LogP contribution is -1.85. The van der Waals surface area contributed by atoms with Crippen LogP contribution in [0.3, 0.4) is 0 Å². The molecule has 0 N–H and O–H groups in total. The van der Waals surface area contributed by atoms with Crippen LogP contribution in [0.4, 0.5) is 0 Å². The normalized spacial score (nSPS) is 9.29. The first-order valence-corrected chi connectivity index (χ1v) is 3.88. The largest absolute Gasteiger partial charge is 0.382 e. The predicted octanol–water partition coefficient (Wildman–Crippen LogP) is 1.42. The molecule has 0 amide bonds. The molecule has 1 rings (SSSR count). The third-order valence-corrected chi connectivity index (χ3v) is 1.40. The molecule has 0 spiro atoms. The van der Waals surface area contributed by atoms with E-state index in [2.05, 4.69) is 22.1 Å². The van der Waals surface area contributed by atoms with Gasteiger partial charge in [-0.05, 0) is 12.1 Å². The molecule has 0 aliphatic carbocycles. The van der Waals surface area contributed by atoms with E-state index in [0.29, 0.717) is 5.56 Å². The average Bonchev–Trinajstić information content (AvgIpc) is 2.25. The molecule has 14 heavy (non-hydrogen) atoms. The van der Waals surface area contributed by atoms with Crippen molar-refractivity contribution >= 4 is 6.21 Å². The molecule has 1 aromatic rings. The lowest BCUT2D eigenvalue weighted by atomic mass is 10.2. The van der Waals surface area contributed by atoms with Crippen molar-refractivity contribution in [1.29, 1.82) is 5.26 Å². The van der Waals surface area contributed by atoms with Crippen LogP contribution in [-0.4, -0.2) is 12.8 Å². The second kappa shape index (κ2) is 5.40. The fourth-order valence-electron chi connectivity index (χ4n) is 0.774. The van der Waals surface area contributed by atoms with Gasteiger partial charge in [0, 0.05) is 5.56 Å². The van der Waals surface area contributed by atoms with Gasteiger partial charge in [-0.25, -0.2) is 0 Å². The van der Waals surface area contributed by atoms with Crippen LogP contribution in [0, 0.1) is 23.7 Å². The number of benzene rings is 1. The summed E-state index contributed by atoms with van der Waals surface area (Å²) < 4.78 is 0. The molecule has 67 valence electrons. The summed E-state index contributed by atoms with van der Waals surface area (Å²) in [6, 6.07) is 8.82. The van der Waals surface area contributed by atoms with Crippen LogP contribution < -0.4 is 0 Å². The quantitative estimate of drug-likeness (QED) is 0.308. The Morgan fingerprint density at radius 3 is 2.50 bits per heavy atom. The van der Waals surface area contributed by atoms with Crippen LogP contribution in [0.5, 0.6) is 0 Å². The maximum Gasteiger partial charge on any atom is 0.177 e. The van der Waals surface area contributed by atoms with E-state index in [4.69, 9.17) is 11.7 Å². The van der Waals surface area contributed by atoms with E-state index in [-0.39, 0.29) is 6.61 Å². The summed E-state index contributed by atoms with van der Waals surface area (Å²) in [5.41, 5.74) is 1.33. The fraction of sp³-hybridized carbons (Fsp3) is 0.0909. The standard InChI is InChI=1S/C11H7N2O/c1-2-7-14-13-9-11-5-3-10(8-12)4-6-11/h1,3-6H,7H2. The van der Waals surface area contributed by atoms with Gasteiger partial charge in [0.15, 0.2) is 6.61 Å². The lowest BCUT2D eigenvalue weighted by Gasteiger charge is -1.91. The zero-order chi connectivity index (χ0) is 10.2. The summed E-state index contributed by atoms with van der Waals surface area (Å²) in [5.74, 6) is 2.27. The second-order valence-electron chi connectivity index (χ2n) is 2.37. The molecule has 3 nitrogen and oxygen atoms in total. The summed E-state index contributed by atoms with van der Waals surface area (Å²) in [5, 5.41) is 12.0. The van der Waals surface area contributed by atoms with E-state index in [0.717, 1.165) is 5.56 Å². The molecule has 0 unspecified atom stereocenters. The molecule has 0 saturated heterocycles. The first kappa shape index (κ1) is 9.83. The lowest BCUT2D eigenvalue weighted by molar-refractivity contribution is 0.181. The number of hydrogen-bond donors (Lipinski definition) is 0. The van der Waals surface area contributed by atoms with E-state index >= 15 is 0 Å². The molecular formula is C11H7N2O. The Hall–Kier alpha value is -2.26. The van der Waals surface area contributed by atoms with Crippen molar-refractivity contribution in [2.24, 2.45) is 5.16 Å². The molecule has 0 atom stereocenters. The van der Waals surface area contributed by atoms with Crippen molar-refractivity contribution in [2.45, 2.75) is 0 Å². The fourth-order valence-corrected chi connectivity index (χ4v) is 0.774. The Balaban J connectivity index is 2.57. The van der Waals surface area contributed by atoms with Gasteiger partial charge in [-0.15, -0.1) is 6.42 Å². The van der Waals surface area contributed by atoms with Gasteiger partial charge in [-0.3, -0.25) is 0 Å². The Morgan fingerprint density at radius 2 is 1.93 bits per heavy atom. The Labute approximate surface area is 82.6 Å². The first-order valence-electron chi connectivity index (χ1n) is 3.88. The Kier molecular flexibility index (Phi) is 3.79. The summed E-state index contributed by atoms with van der Waals surface area (Å²) >= 11 is 0. The van der Waals surface area contributed by atoms with Gasteiger partial charge in [0.05, 0.1) is 11.6 Å². The van der Waals surface area contributed by atoms with E-state index < -0.39 is 0 Å². The molecule has 1 aromatic carbocycles. The highest BCUT2D eigenvalue weighted by molar-refractivity contribution is 5.79. The van der Waals surface area contributed by atoms with Crippen LogP contribution >= 0.6 is 0 Å². The highest BCUT2D eigenvalue weighted by Crippen LogP contribution is 2.00. The van der Waals surface area contributed by atoms with Crippen LogP contribution in [0.1, 0.15) is 11.1 Å². The van der Waals surface area contributed by atoms with Gasteiger partial charge in [0.25, 0.3) is 0 Å². The molecule has 0 saturated carbocycles. The van der Waals surface area contributed by atoms with Crippen LogP contribution in [0.25, 0.3) is 0 Å². The van der Waals surface area contributed by atoms with Crippen molar-refractivity contribution in [3.8, 4) is 18.4 Å². The minimum atomic E-state index is 0.128. The summed E-state index contributed by atoms with van der Waals surface area (Å²) in [6.07, 6.45) is 7.58. The molecule has 0 fully saturated rings. The predicted molar refractivity (Wildman–Crippen MR) is 52.5 cm³/mol. The van der Waals surface area contributed by atoms with Crippen LogP contribution in [0.15, 0.2) is 29.4 Å². The van der Waals surface area contributed by atoms with Gasteiger partial charge < -0.3 is 4.84 Å². The number of nitrogens with zero attached hydrogens (tertiary/aromatic N) is 2. The Bertz CT molecular complexity index is 393. The number of terminal acetylenes is 1. The molecule has 0 heterocycles. The highest BCUT2D eigenvalue weighted by Gasteiger charge is 1.90. The molecule has 0 bridgehead atoms.